The molecule has 0 bridgehead atoms. The van der Waals surface area contributed by atoms with Crippen LogP contribution in [-0.4, -0.2) is 19.2 Å². The summed E-state index contributed by atoms with van der Waals surface area (Å²) < 4.78 is 28.6. The van der Waals surface area contributed by atoms with Crippen LogP contribution < -0.4 is 5.73 Å². The van der Waals surface area contributed by atoms with E-state index in [1.165, 1.54) is 0 Å². The lowest BCUT2D eigenvalue weighted by Crippen LogP contribution is -2.18. The van der Waals surface area contributed by atoms with Crippen LogP contribution in [-0.2, 0) is 14.3 Å². The van der Waals surface area contributed by atoms with Crippen LogP contribution in [0.3, 0.4) is 0 Å². The molecule has 1 aromatic heterocycles. The zero-order valence-electron chi connectivity index (χ0n) is 11.6. The zero-order chi connectivity index (χ0) is 15.6. The van der Waals surface area contributed by atoms with Gasteiger partial charge in [0.1, 0.15) is 11.8 Å². The topological polar surface area (TPSA) is 98.1 Å². The van der Waals surface area contributed by atoms with Gasteiger partial charge < -0.3 is 10.3 Å². The van der Waals surface area contributed by atoms with Crippen LogP contribution in [0.2, 0.25) is 0 Å². The van der Waals surface area contributed by atoms with E-state index in [4.69, 9.17) is 15.2 Å². The first-order valence-corrected chi connectivity index (χ1v) is 7.96. The first-order valence-electron chi connectivity index (χ1n) is 6.14. The highest BCUT2D eigenvalue weighted by molar-refractivity contribution is 7.86. The number of nitrogens with zero attached hydrogens (tertiary/aromatic N) is 2. The van der Waals surface area contributed by atoms with Crippen molar-refractivity contribution in [3.8, 4) is 11.8 Å². The van der Waals surface area contributed by atoms with Crippen molar-refractivity contribution in [2.24, 2.45) is 5.73 Å². The van der Waals surface area contributed by atoms with Gasteiger partial charge in [-0.05, 0) is 36.8 Å². The van der Waals surface area contributed by atoms with E-state index in [0.717, 1.165) is 17.6 Å². The number of nitriles is 1. The molecule has 6 nitrogen and oxygen atoms in total. The van der Waals surface area contributed by atoms with Gasteiger partial charge in [-0.15, -0.1) is 0 Å². The molecule has 0 spiro atoms. The number of aromatic nitrogens is 1. The second kappa shape index (κ2) is 5.69. The van der Waals surface area contributed by atoms with Crippen LogP contribution in [0.1, 0.15) is 23.2 Å². The molecule has 21 heavy (non-hydrogen) atoms. The summed E-state index contributed by atoms with van der Waals surface area (Å²) in [7, 11) is -3.62. The number of nitrogens with two attached hydrogens (primary N) is 1. The predicted molar refractivity (Wildman–Crippen MR) is 78.1 cm³/mol. The van der Waals surface area contributed by atoms with Crippen molar-refractivity contribution in [1.29, 1.82) is 5.26 Å². The second-order valence-electron chi connectivity index (χ2n) is 4.62. The normalized spacial score (nSPS) is 12.9. The summed E-state index contributed by atoms with van der Waals surface area (Å²) >= 11 is 0. The third kappa shape index (κ3) is 3.49. The monoisotopic (exact) mass is 305 g/mol. The molecule has 0 aliphatic carbocycles. The molecule has 0 aliphatic rings. The largest absolute Gasteiger partial charge is 0.306 e. The van der Waals surface area contributed by atoms with Crippen LogP contribution in [0, 0.1) is 18.3 Å². The summed E-state index contributed by atoms with van der Waals surface area (Å²) in [6, 6.07) is 12.6. The Bertz CT molecular complexity index is 786. The van der Waals surface area contributed by atoms with Crippen LogP contribution in [0.15, 0.2) is 36.4 Å². The van der Waals surface area contributed by atoms with Crippen molar-refractivity contribution in [3.05, 3.63) is 53.3 Å². The zero-order valence-corrected chi connectivity index (χ0v) is 12.5. The minimum Gasteiger partial charge on any atom is -0.306 e. The van der Waals surface area contributed by atoms with Crippen LogP contribution >= 0.6 is 0 Å². The lowest BCUT2D eigenvalue weighted by Gasteiger charge is -2.13. The minimum absolute atomic E-state index is 0.525. The van der Waals surface area contributed by atoms with Gasteiger partial charge in [-0.2, -0.15) is 13.7 Å². The number of hydrogen-bond acceptors (Lipinski definition) is 5. The van der Waals surface area contributed by atoms with Crippen molar-refractivity contribution < 1.29 is 12.6 Å². The van der Waals surface area contributed by atoms with Crippen LogP contribution in [0.5, 0.6) is 0 Å². The molecule has 2 N–H and O–H groups in total. The lowest BCUT2D eigenvalue weighted by atomic mass is 10.2. The van der Waals surface area contributed by atoms with E-state index in [0.29, 0.717) is 11.3 Å². The molecule has 1 unspecified atom stereocenters. The summed E-state index contributed by atoms with van der Waals surface area (Å²) in [5.41, 5.74) is 8.46. The Morgan fingerprint density at radius 3 is 2.38 bits per heavy atom. The highest BCUT2D eigenvalue weighted by Crippen LogP contribution is 2.20. The van der Waals surface area contributed by atoms with Gasteiger partial charge in [0.15, 0.2) is 6.23 Å². The molecule has 1 aromatic carbocycles. The Morgan fingerprint density at radius 1 is 1.24 bits per heavy atom. The Morgan fingerprint density at radius 2 is 1.86 bits per heavy atom. The lowest BCUT2D eigenvalue weighted by molar-refractivity contribution is 0.224. The van der Waals surface area contributed by atoms with Gasteiger partial charge >= 0.3 is 0 Å². The number of benzene rings is 1. The molecule has 1 heterocycles. The first kappa shape index (κ1) is 15.3. The number of hydrogen-bond donors (Lipinski definition) is 1. The van der Waals surface area contributed by atoms with E-state index < -0.39 is 16.3 Å². The van der Waals surface area contributed by atoms with Gasteiger partial charge in [-0.1, -0.05) is 12.1 Å². The standard InChI is InChI=1S/C14H15N3O3S/c1-10-3-6-13(9-15)17(10)12-7-4-11(5-8-12)14(16)20-21(2,18)19/h3-8,14H,16H2,1-2H3. The predicted octanol–water partition coefficient (Wildman–Crippen LogP) is 1.59. The summed E-state index contributed by atoms with van der Waals surface area (Å²) in [6.45, 7) is 1.90. The van der Waals surface area contributed by atoms with Crippen molar-refractivity contribution in [1.82, 2.24) is 4.57 Å². The number of rotatable bonds is 4. The van der Waals surface area contributed by atoms with E-state index in [1.807, 2.05) is 13.0 Å². The van der Waals surface area contributed by atoms with Crippen molar-refractivity contribution >= 4 is 10.1 Å². The Kier molecular flexibility index (Phi) is 4.14. The molecule has 1 atom stereocenters. The SMILES string of the molecule is Cc1ccc(C#N)n1-c1ccc(C(N)OS(C)(=O)=O)cc1. The van der Waals surface area contributed by atoms with Gasteiger partial charge in [-0.3, -0.25) is 0 Å². The Labute approximate surface area is 123 Å². The average molecular weight is 305 g/mol. The molecule has 0 amide bonds. The molecule has 0 fully saturated rings. The van der Waals surface area contributed by atoms with Gasteiger partial charge in [0.25, 0.3) is 10.1 Å². The van der Waals surface area contributed by atoms with E-state index in [1.54, 1.807) is 34.9 Å². The highest BCUT2D eigenvalue weighted by atomic mass is 32.2. The van der Waals surface area contributed by atoms with Gasteiger partial charge in [0, 0.05) is 11.4 Å². The average Bonchev–Trinajstić information content (AvgIpc) is 2.78. The van der Waals surface area contributed by atoms with Gasteiger partial charge in [0.2, 0.25) is 0 Å². The molecular formula is C14H15N3O3S. The minimum atomic E-state index is -3.62. The summed E-state index contributed by atoms with van der Waals surface area (Å²) in [4.78, 5) is 0. The summed E-state index contributed by atoms with van der Waals surface area (Å²) in [5, 5.41) is 9.09. The first-order chi connectivity index (χ1) is 9.81. The molecule has 2 aromatic rings. The summed E-state index contributed by atoms with van der Waals surface area (Å²) in [5.74, 6) is 0. The molecule has 0 radical (unpaired) electrons. The number of aryl methyl sites for hydroxylation is 1. The fourth-order valence-corrected chi connectivity index (χ4v) is 2.51. The van der Waals surface area contributed by atoms with Crippen molar-refractivity contribution in [3.63, 3.8) is 0 Å². The van der Waals surface area contributed by atoms with Gasteiger partial charge in [-0.25, -0.2) is 4.18 Å². The molecule has 7 heteroatoms. The molecule has 0 saturated carbocycles. The van der Waals surface area contributed by atoms with Crippen molar-refractivity contribution in [2.45, 2.75) is 13.2 Å². The Balaban J connectivity index is 2.31. The van der Waals surface area contributed by atoms with Crippen molar-refractivity contribution in [2.75, 3.05) is 6.26 Å². The molecular weight excluding hydrogens is 290 g/mol. The molecule has 2 rings (SSSR count). The maximum atomic E-state index is 11.1. The van der Waals surface area contributed by atoms with Crippen LogP contribution in [0.25, 0.3) is 5.69 Å². The molecule has 0 aliphatic heterocycles. The van der Waals surface area contributed by atoms with E-state index in [2.05, 4.69) is 6.07 Å². The van der Waals surface area contributed by atoms with E-state index in [9.17, 15) is 8.42 Å². The smallest absolute Gasteiger partial charge is 0.266 e. The molecule has 0 saturated heterocycles. The van der Waals surface area contributed by atoms with E-state index in [-0.39, 0.29) is 0 Å². The van der Waals surface area contributed by atoms with Crippen LogP contribution in [0.4, 0.5) is 0 Å². The van der Waals surface area contributed by atoms with E-state index >= 15 is 0 Å². The third-order valence-electron chi connectivity index (χ3n) is 2.95. The fourth-order valence-electron chi connectivity index (χ4n) is 2.03. The van der Waals surface area contributed by atoms with Gasteiger partial charge in [0.05, 0.1) is 6.26 Å². The maximum absolute atomic E-state index is 11.1. The Hall–Kier alpha value is -2.14. The highest BCUT2D eigenvalue weighted by Gasteiger charge is 2.13. The maximum Gasteiger partial charge on any atom is 0.266 e. The summed E-state index contributed by atoms with van der Waals surface area (Å²) in [6.07, 6.45) is -0.0980. The molecule has 110 valence electrons. The quantitative estimate of drug-likeness (QED) is 0.683. The third-order valence-corrected chi connectivity index (χ3v) is 3.51. The second-order valence-corrected chi connectivity index (χ2v) is 6.22. The fraction of sp³-hybridized carbons (Fsp3) is 0.214.